The van der Waals surface area contributed by atoms with Gasteiger partial charge in [-0.25, -0.2) is 0 Å². The molecule has 0 amide bonds. The molecule has 2 nitrogen and oxygen atoms in total. The van der Waals surface area contributed by atoms with E-state index in [0.29, 0.717) is 0 Å². The summed E-state index contributed by atoms with van der Waals surface area (Å²) in [6.45, 7) is 1.99. The number of nitrogens with zero attached hydrogens (tertiary/aromatic N) is 1. The number of hydrogen-bond acceptors (Lipinski definition) is 2. The standard InChI is InChI=1S/C8H9NO/c1-7-3-2-4-8(5-7)6-9-10/h2-6,10H,1H3/b9-6+. The third-order valence-corrected chi connectivity index (χ3v) is 1.25. The van der Waals surface area contributed by atoms with Gasteiger partial charge in [-0.2, -0.15) is 0 Å². The zero-order valence-corrected chi connectivity index (χ0v) is 5.78. The molecule has 0 unspecified atom stereocenters. The molecule has 1 aromatic carbocycles. The van der Waals surface area contributed by atoms with Crippen LogP contribution < -0.4 is 0 Å². The predicted octanol–water partition coefficient (Wildman–Crippen LogP) is 1.80. The highest BCUT2D eigenvalue weighted by atomic mass is 16.4. The van der Waals surface area contributed by atoms with E-state index in [1.54, 1.807) is 0 Å². The van der Waals surface area contributed by atoms with Crippen LogP contribution in [0.2, 0.25) is 0 Å². The lowest BCUT2D eigenvalue weighted by Crippen LogP contribution is -1.80. The fourth-order valence-corrected chi connectivity index (χ4v) is 0.817. The lowest BCUT2D eigenvalue weighted by atomic mass is 10.2. The molecule has 1 aromatic rings. The van der Waals surface area contributed by atoms with E-state index in [2.05, 4.69) is 5.16 Å². The first-order chi connectivity index (χ1) is 4.83. The molecule has 0 aliphatic carbocycles. The van der Waals surface area contributed by atoms with Gasteiger partial charge in [0.05, 0.1) is 6.21 Å². The van der Waals surface area contributed by atoms with E-state index in [4.69, 9.17) is 5.21 Å². The Hall–Kier alpha value is -1.31. The van der Waals surface area contributed by atoms with E-state index in [1.807, 2.05) is 31.2 Å². The number of benzene rings is 1. The normalized spacial score (nSPS) is 10.5. The van der Waals surface area contributed by atoms with Gasteiger partial charge in [0.2, 0.25) is 0 Å². The maximum Gasteiger partial charge on any atom is 0.0733 e. The monoisotopic (exact) mass is 135 g/mol. The van der Waals surface area contributed by atoms with Crippen LogP contribution in [-0.2, 0) is 0 Å². The first-order valence-electron chi connectivity index (χ1n) is 3.07. The summed E-state index contributed by atoms with van der Waals surface area (Å²) >= 11 is 0. The largest absolute Gasteiger partial charge is 0.411 e. The summed E-state index contributed by atoms with van der Waals surface area (Å²) in [5.74, 6) is 0. The minimum atomic E-state index is 0.919. The fraction of sp³-hybridized carbons (Fsp3) is 0.125. The highest BCUT2D eigenvalue weighted by Crippen LogP contribution is 2.00. The van der Waals surface area contributed by atoms with Gasteiger partial charge >= 0.3 is 0 Å². The maximum atomic E-state index is 8.18. The SMILES string of the molecule is Cc1cccc(/C=N/O)c1. The van der Waals surface area contributed by atoms with Crippen LogP contribution in [0.1, 0.15) is 11.1 Å². The number of hydrogen-bond donors (Lipinski definition) is 1. The van der Waals surface area contributed by atoms with Crippen LogP contribution in [-0.4, -0.2) is 11.4 Å². The summed E-state index contributed by atoms with van der Waals surface area (Å²) < 4.78 is 0. The molecule has 0 spiro atoms. The minimum absolute atomic E-state index is 0.919. The van der Waals surface area contributed by atoms with E-state index >= 15 is 0 Å². The molecule has 2 heteroatoms. The highest BCUT2D eigenvalue weighted by molar-refractivity contribution is 5.79. The fourth-order valence-electron chi connectivity index (χ4n) is 0.817. The summed E-state index contributed by atoms with van der Waals surface area (Å²) in [5, 5.41) is 11.1. The third kappa shape index (κ3) is 1.58. The van der Waals surface area contributed by atoms with Gasteiger partial charge in [-0.05, 0) is 12.5 Å². The van der Waals surface area contributed by atoms with Crippen molar-refractivity contribution in [2.45, 2.75) is 6.92 Å². The molecule has 0 aromatic heterocycles. The summed E-state index contributed by atoms with van der Waals surface area (Å²) in [4.78, 5) is 0. The Labute approximate surface area is 59.8 Å². The number of rotatable bonds is 1. The molecule has 0 saturated heterocycles. The second-order valence-electron chi connectivity index (χ2n) is 2.16. The van der Waals surface area contributed by atoms with Crippen molar-refractivity contribution >= 4 is 6.21 Å². The first-order valence-corrected chi connectivity index (χ1v) is 3.07. The topological polar surface area (TPSA) is 32.6 Å². The van der Waals surface area contributed by atoms with Gasteiger partial charge in [0.15, 0.2) is 0 Å². The highest BCUT2D eigenvalue weighted by Gasteiger charge is 1.86. The van der Waals surface area contributed by atoms with Crippen LogP contribution in [0.5, 0.6) is 0 Å². The Morgan fingerprint density at radius 2 is 2.30 bits per heavy atom. The molecule has 0 fully saturated rings. The van der Waals surface area contributed by atoms with Gasteiger partial charge in [-0.15, -0.1) is 0 Å². The van der Waals surface area contributed by atoms with Crippen LogP contribution in [0.3, 0.4) is 0 Å². The van der Waals surface area contributed by atoms with Crippen molar-refractivity contribution in [2.75, 3.05) is 0 Å². The van der Waals surface area contributed by atoms with Crippen LogP contribution >= 0.6 is 0 Å². The Morgan fingerprint density at radius 1 is 1.50 bits per heavy atom. The van der Waals surface area contributed by atoms with Crippen LogP contribution in [0, 0.1) is 6.92 Å². The average molecular weight is 135 g/mol. The molecule has 0 saturated carbocycles. The van der Waals surface area contributed by atoms with Crippen LogP contribution in [0.4, 0.5) is 0 Å². The van der Waals surface area contributed by atoms with Gasteiger partial charge in [0.1, 0.15) is 0 Å². The van der Waals surface area contributed by atoms with Crippen molar-refractivity contribution < 1.29 is 5.21 Å². The van der Waals surface area contributed by atoms with Gasteiger partial charge in [0.25, 0.3) is 0 Å². The number of oxime groups is 1. The molecule has 0 radical (unpaired) electrons. The van der Waals surface area contributed by atoms with Crippen molar-refractivity contribution in [1.29, 1.82) is 0 Å². The van der Waals surface area contributed by atoms with Gasteiger partial charge in [-0.1, -0.05) is 35.0 Å². The van der Waals surface area contributed by atoms with Crippen molar-refractivity contribution in [3.05, 3.63) is 35.4 Å². The molecule has 1 rings (SSSR count). The maximum absolute atomic E-state index is 8.18. The zero-order valence-electron chi connectivity index (χ0n) is 5.78. The molecule has 10 heavy (non-hydrogen) atoms. The molecule has 0 heterocycles. The molecular formula is C8H9NO. The zero-order chi connectivity index (χ0) is 7.40. The lowest BCUT2D eigenvalue weighted by molar-refractivity contribution is 0.322. The Bertz CT molecular complexity index is 243. The second-order valence-corrected chi connectivity index (χ2v) is 2.16. The molecule has 52 valence electrons. The Kier molecular flexibility index (Phi) is 2.05. The molecule has 0 atom stereocenters. The summed E-state index contributed by atoms with van der Waals surface area (Å²) in [7, 11) is 0. The van der Waals surface area contributed by atoms with E-state index in [0.717, 1.165) is 11.1 Å². The summed E-state index contributed by atoms with van der Waals surface area (Å²) in [6, 6.07) is 7.74. The van der Waals surface area contributed by atoms with Crippen molar-refractivity contribution in [3.63, 3.8) is 0 Å². The van der Waals surface area contributed by atoms with Gasteiger partial charge in [-0.3, -0.25) is 0 Å². The van der Waals surface area contributed by atoms with E-state index in [9.17, 15) is 0 Å². The molecule has 0 aliphatic rings. The van der Waals surface area contributed by atoms with Gasteiger partial charge < -0.3 is 5.21 Å². The van der Waals surface area contributed by atoms with Crippen LogP contribution in [0.15, 0.2) is 29.4 Å². The van der Waals surface area contributed by atoms with Crippen molar-refractivity contribution in [2.24, 2.45) is 5.16 Å². The quantitative estimate of drug-likeness (QED) is 0.355. The summed E-state index contributed by atoms with van der Waals surface area (Å²) in [5.41, 5.74) is 2.08. The van der Waals surface area contributed by atoms with Crippen molar-refractivity contribution in [3.8, 4) is 0 Å². The third-order valence-electron chi connectivity index (χ3n) is 1.25. The van der Waals surface area contributed by atoms with E-state index < -0.39 is 0 Å². The van der Waals surface area contributed by atoms with E-state index in [1.165, 1.54) is 6.21 Å². The molecule has 0 bridgehead atoms. The van der Waals surface area contributed by atoms with Gasteiger partial charge in [0, 0.05) is 0 Å². The second kappa shape index (κ2) is 3.01. The first kappa shape index (κ1) is 6.81. The smallest absolute Gasteiger partial charge is 0.0733 e. The van der Waals surface area contributed by atoms with Crippen LogP contribution in [0.25, 0.3) is 0 Å². The molecular weight excluding hydrogens is 126 g/mol. The minimum Gasteiger partial charge on any atom is -0.411 e. The lowest BCUT2D eigenvalue weighted by Gasteiger charge is -1.91. The molecule has 0 aliphatic heterocycles. The summed E-state index contributed by atoms with van der Waals surface area (Å²) in [6.07, 6.45) is 1.41. The van der Waals surface area contributed by atoms with E-state index in [-0.39, 0.29) is 0 Å². The average Bonchev–Trinajstić information content (AvgIpc) is 1.88. The number of aryl methyl sites for hydroxylation is 1. The predicted molar refractivity (Wildman–Crippen MR) is 40.6 cm³/mol. The molecule has 1 N–H and O–H groups in total. The Morgan fingerprint density at radius 3 is 2.90 bits per heavy atom. The Balaban J connectivity index is 2.95. The van der Waals surface area contributed by atoms with Crippen molar-refractivity contribution in [1.82, 2.24) is 0 Å².